The highest BCUT2D eigenvalue weighted by Crippen LogP contribution is 2.55. The molecule has 0 saturated heterocycles. The number of rotatable bonds is 4. The lowest BCUT2D eigenvalue weighted by atomic mass is 9.53. The van der Waals surface area contributed by atoms with Gasteiger partial charge in [-0.2, -0.15) is 0 Å². The number of nitrogens with one attached hydrogen (secondary N) is 2. The largest absolute Gasteiger partial charge is 0.336 e. The molecule has 0 radical (unpaired) electrons. The summed E-state index contributed by atoms with van der Waals surface area (Å²) < 4.78 is 0. The van der Waals surface area contributed by atoms with Gasteiger partial charge in [0.05, 0.1) is 0 Å². The lowest BCUT2D eigenvalue weighted by Crippen LogP contribution is -2.62. The topological polar surface area (TPSA) is 67.1 Å². The molecule has 4 aliphatic rings. The van der Waals surface area contributed by atoms with Gasteiger partial charge in [-0.25, -0.2) is 4.79 Å². The average molecular weight is 265 g/mol. The lowest BCUT2D eigenvalue weighted by Gasteiger charge is -2.56. The molecule has 1 atom stereocenters. The monoisotopic (exact) mass is 265 g/mol. The van der Waals surface area contributed by atoms with E-state index in [0.717, 1.165) is 24.2 Å². The standard InChI is InChI=1S/C15H27N3O/c1-10(2-3-16)17-14(19)18-15-7-11-4-12(8-15)6-13(5-11)9-15/h10-13H,2-9,16H2,1H3,(H2,17,18,19). The fraction of sp³-hybridized carbons (Fsp3) is 0.933. The van der Waals surface area contributed by atoms with Gasteiger partial charge in [0.2, 0.25) is 0 Å². The zero-order valence-corrected chi connectivity index (χ0v) is 12.0. The summed E-state index contributed by atoms with van der Waals surface area (Å²) in [6, 6.07) is 0.182. The van der Waals surface area contributed by atoms with Crippen molar-refractivity contribution in [2.75, 3.05) is 6.54 Å². The third-order valence-corrected chi connectivity index (χ3v) is 5.39. The second-order valence-corrected chi connectivity index (χ2v) is 7.27. The summed E-state index contributed by atoms with van der Waals surface area (Å²) in [5, 5.41) is 6.35. The number of hydrogen-bond donors (Lipinski definition) is 3. The van der Waals surface area contributed by atoms with Crippen LogP contribution >= 0.6 is 0 Å². The van der Waals surface area contributed by atoms with Crippen molar-refractivity contribution in [1.29, 1.82) is 0 Å². The third kappa shape index (κ3) is 2.73. The van der Waals surface area contributed by atoms with Crippen LogP contribution in [0.15, 0.2) is 0 Å². The quantitative estimate of drug-likeness (QED) is 0.727. The molecule has 0 spiro atoms. The Morgan fingerprint density at radius 3 is 2.21 bits per heavy atom. The van der Waals surface area contributed by atoms with Gasteiger partial charge in [-0.05, 0) is 76.2 Å². The van der Waals surface area contributed by atoms with E-state index in [4.69, 9.17) is 5.73 Å². The first-order valence-electron chi connectivity index (χ1n) is 7.87. The molecule has 0 heterocycles. The molecule has 0 aromatic heterocycles. The van der Waals surface area contributed by atoms with Crippen LogP contribution < -0.4 is 16.4 Å². The summed E-state index contributed by atoms with van der Waals surface area (Å²) in [5.74, 6) is 2.61. The molecule has 0 aliphatic heterocycles. The molecule has 4 rings (SSSR count). The van der Waals surface area contributed by atoms with Gasteiger partial charge in [-0.3, -0.25) is 0 Å². The molecule has 108 valence electrons. The van der Waals surface area contributed by atoms with E-state index in [9.17, 15) is 4.79 Å². The number of amides is 2. The molecule has 4 N–H and O–H groups in total. The third-order valence-electron chi connectivity index (χ3n) is 5.39. The van der Waals surface area contributed by atoms with Gasteiger partial charge in [0.25, 0.3) is 0 Å². The Morgan fingerprint density at radius 2 is 1.74 bits per heavy atom. The molecule has 0 aromatic carbocycles. The Morgan fingerprint density at radius 1 is 1.21 bits per heavy atom. The maximum atomic E-state index is 12.1. The van der Waals surface area contributed by atoms with Gasteiger partial charge in [-0.1, -0.05) is 0 Å². The average Bonchev–Trinajstić information content (AvgIpc) is 2.25. The van der Waals surface area contributed by atoms with Crippen molar-refractivity contribution in [2.45, 2.75) is 63.5 Å². The van der Waals surface area contributed by atoms with E-state index in [1.54, 1.807) is 0 Å². The smallest absolute Gasteiger partial charge is 0.315 e. The highest BCUT2D eigenvalue weighted by Gasteiger charge is 2.51. The molecule has 4 bridgehead atoms. The molecule has 4 aliphatic carbocycles. The first-order valence-corrected chi connectivity index (χ1v) is 7.87. The Bertz CT molecular complexity index is 320. The summed E-state index contributed by atoms with van der Waals surface area (Å²) in [6.45, 7) is 2.64. The second kappa shape index (κ2) is 4.97. The van der Waals surface area contributed by atoms with Crippen molar-refractivity contribution in [1.82, 2.24) is 10.6 Å². The number of hydrogen-bond acceptors (Lipinski definition) is 2. The predicted molar refractivity (Wildman–Crippen MR) is 75.7 cm³/mol. The van der Waals surface area contributed by atoms with Gasteiger partial charge >= 0.3 is 6.03 Å². The van der Waals surface area contributed by atoms with Crippen LogP contribution in [0, 0.1) is 17.8 Å². The van der Waals surface area contributed by atoms with Crippen molar-refractivity contribution in [3.63, 3.8) is 0 Å². The van der Waals surface area contributed by atoms with Crippen LogP contribution in [0.1, 0.15) is 51.9 Å². The number of carbonyl (C=O) groups excluding carboxylic acids is 1. The fourth-order valence-electron chi connectivity index (χ4n) is 5.09. The minimum atomic E-state index is 0.0166. The van der Waals surface area contributed by atoms with E-state index in [-0.39, 0.29) is 17.6 Å². The van der Waals surface area contributed by atoms with Crippen molar-refractivity contribution in [3.8, 4) is 0 Å². The van der Waals surface area contributed by atoms with Crippen LogP contribution in [-0.4, -0.2) is 24.2 Å². The summed E-state index contributed by atoms with van der Waals surface area (Å²) in [6.07, 6.45) is 8.69. The second-order valence-electron chi connectivity index (χ2n) is 7.27. The summed E-state index contributed by atoms with van der Waals surface area (Å²) in [4.78, 5) is 12.1. The van der Waals surface area contributed by atoms with Crippen molar-refractivity contribution in [2.24, 2.45) is 23.5 Å². The Labute approximate surface area is 115 Å². The molecule has 19 heavy (non-hydrogen) atoms. The molecule has 4 nitrogen and oxygen atoms in total. The van der Waals surface area contributed by atoms with Crippen molar-refractivity contribution in [3.05, 3.63) is 0 Å². The SMILES string of the molecule is CC(CCN)NC(=O)NC12CC3CC(CC(C3)C1)C2. The Kier molecular flexibility index (Phi) is 3.46. The van der Waals surface area contributed by atoms with Crippen LogP contribution in [0.2, 0.25) is 0 Å². The predicted octanol–water partition coefficient (Wildman–Crippen LogP) is 1.99. The fourth-order valence-corrected chi connectivity index (χ4v) is 5.09. The van der Waals surface area contributed by atoms with Crippen molar-refractivity contribution < 1.29 is 4.79 Å². The molecule has 0 aromatic rings. The highest BCUT2D eigenvalue weighted by atomic mass is 16.2. The van der Waals surface area contributed by atoms with Crippen LogP contribution in [0.5, 0.6) is 0 Å². The first kappa shape index (κ1) is 13.2. The molecular weight excluding hydrogens is 238 g/mol. The van der Waals surface area contributed by atoms with Gasteiger partial charge in [0.1, 0.15) is 0 Å². The van der Waals surface area contributed by atoms with E-state index >= 15 is 0 Å². The number of carbonyl (C=O) groups is 1. The zero-order chi connectivity index (χ0) is 13.5. The zero-order valence-electron chi connectivity index (χ0n) is 12.0. The Hall–Kier alpha value is -0.770. The molecule has 2 amide bonds. The molecule has 1 unspecified atom stereocenters. The van der Waals surface area contributed by atoms with Crippen LogP contribution in [-0.2, 0) is 0 Å². The van der Waals surface area contributed by atoms with E-state index < -0.39 is 0 Å². The number of urea groups is 1. The molecule has 4 fully saturated rings. The minimum Gasteiger partial charge on any atom is -0.336 e. The summed E-state index contributed by atoms with van der Waals surface area (Å²) in [5.41, 5.74) is 5.63. The van der Waals surface area contributed by atoms with Crippen LogP contribution in [0.25, 0.3) is 0 Å². The lowest BCUT2D eigenvalue weighted by molar-refractivity contribution is -0.0136. The molecule has 4 saturated carbocycles. The maximum absolute atomic E-state index is 12.1. The number of nitrogens with two attached hydrogens (primary N) is 1. The van der Waals surface area contributed by atoms with Gasteiger partial charge in [0, 0.05) is 11.6 Å². The van der Waals surface area contributed by atoms with E-state index in [1.165, 1.54) is 38.5 Å². The van der Waals surface area contributed by atoms with Gasteiger partial charge in [0.15, 0.2) is 0 Å². The van der Waals surface area contributed by atoms with Crippen LogP contribution in [0.4, 0.5) is 4.79 Å². The molecular formula is C15H27N3O. The van der Waals surface area contributed by atoms with E-state index in [2.05, 4.69) is 10.6 Å². The first-order chi connectivity index (χ1) is 9.08. The molecule has 4 heteroatoms. The maximum Gasteiger partial charge on any atom is 0.315 e. The van der Waals surface area contributed by atoms with E-state index in [1.807, 2.05) is 6.92 Å². The van der Waals surface area contributed by atoms with Crippen molar-refractivity contribution >= 4 is 6.03 Å². The van der Waals surface area contributed by atoms with E-state index in [0.29, 0.717) is 6.54 Å². The Balaban J connectivity index is 1.58. The summed E-state index contributed by atoms with van der Waals surface area (Å²) >= 11 is 0. The normalized spacial score (nSPS) is 41.1. The highest BCUT2D eigenvalue weighted by molar-refractivity contribution is 5.75. The van der Waals surface area contributed by atoms with Gasteiger partial charge in [-0.15, -0.1) is 0 Å². The van der Waals surface area contributed by atoms with Crippen LogP contribution in [0.3, 0.4) is 0 Å². The van der Waals surface area contributed by atoms with Gasteiger partial charge < -0.3 is 16.4 Å². The summed E-state index contributed by atoms with van der Waals surface area (Å²) in [7, 11) is 0. The minimum absolute atomic E-state index is 0.0166.